The van der Waals surface area contributed by atoms with Crippen molar-refractivity contribution in [1.29, 1.82) is 0 Å². The lowest BCUT2D eigenvalue weighted by atomic mass is 9.98. The SMILES string of the molecule is N[C@H]1C[C@@H](N2Cc3c[nH]nc3C2)C[S+]([O-])C1c1cc(F)cc(F)c1F.O=C(O)C(F)(F)F. The minimum atomic E-state index is -5.08. The Kier molecular flexibility index (Phi) is 7.07. The van der Waals surface area contributed by atoms with Gasteiger partial charge < -0.3 is 15.4 Å². The molecule has 1 saturated heterocycles. The van der Waals surface area contributed by atoms with Gasteiger partial charge in [0.05, 0.1) is 17.8 Å². The fourth-order valence-corrected chi connectivity index (χ4v) is 5.64. The highest BCUT2D eigenvalue weighted by molar-refractivity contribution is 7.91. The van der Waals surface area contributed by atoms with Crippen molar-refractivity contribution >= 4 is 17.1 Å². The van der Waals surface area contributed by atoms with Crippen LogP contribution < -0.4 is 5.73 Å². The van der Waals surface area contributed by atoms with Gasteiger partial charge >= 0.3 is 12.1 Å². The molecule has 14 heteroatoms. The number of halogens is 6. The van der Waals surface area contributed by atoms with Crippen molar-refractivity contribution in [1.82, 2.24) is 15.1 Å². The van der Waals surface area contributed by atoms with E-state index in [9.17, 15) is 30.9 Å². The predicted molar refractivity (Wildman–Crippen MR) is 100.0 cm³/mol. The summed E-state index contributed by atoms with van der Waals surface area (Å²) < 4.78 is 85.6. The lowest BCUT2D eigenvalue weighted by Gasteiger charge is -2.39. The van der Waals surface area contributed by atoms with Crippen LogP contribution in [0.3, 0.4) is 0 Å². The summed E-state index contributed by atoms with van der Waals surface area (Å²) in [6.45, 7) is 1.33. The van der Waals surface area contributed by atoms with Gasteiger partial charge in [-0.05, 0) is 23.7 Å². The number of carbonyl (C=O) groups is 1. The number of aliphatic carboxylic acids is 1. The Hall–Kier alpha value is -2.29. The quantitative estimate of drug-likeness (QED) is 0.342. The number of nitrogens with one attached hydrogen (secondary N) is 1. The van der Waals surface area contributed by atoms with E-state index in [1.54, 1.807) is 0 Å². The van der Waals surface area contributed by atoms with Gasteiger partial charge in [0.25, 0.3) is 0 Å². The van der Waals surface area contributed by atoms with Gasteiger partial charge in [0.1, 0.15) is 11.6 Å². The highest BCUT2D eigenvalue weighted by Gasteiger charge is 2.44. The Morgan fingerprint density at radius 1 is 1.28 bits per heavy atom. The van der Waals surface area contributed by atoms with Crippen LogP contribution in [0, 0.1) is 17.5 Å². The highest BCUT2D eigenvalue weighted by Crippen LogP contribution is 2.38. The molecule has 2 aliphatic heterocycles. The first-order valence-electron chi connectivity index (χ1n) is 9.21. The largest absolute Gasteiger partial charge is 0.616 e. The summed E-state index contributed by atoms with van der Waals surface area (Å²) in [5.74, 6) is -5.83. The van der Waals surface area contributed by atoms with Crippen LogP contribution in [-0.4, -0.2) is 54.7 Å². The second kappa shape index (κ2) is 9.29. The Balaban J connectivity index is 0.000000360. The average molecular weight is 484 g/mol. The van der Waals surface area contributed by atoms with Crippen LogP contribution in [0.4, 0.5) is 26.3 Å². The van der Waals surface area contributed by atoms with Crippen molar-refractivity contribution in [2.75, 3.05) is 5.75 Å². The minimum absolute atomic E-state index is 0.0391. The molecule has 1 aromatic carbocycles. The molecule has 7 nitrogen and oxygen atoms in total. The first kappa shape index (κ1) is 24.4. The lowest BCUT2D eigenvalue weighted by molar-refractivity contribution is -0.192. The molecule has 1 aromatic heterocycles. The number of benzene rings is 1. The molecule has 2 unspecified atom stereocenters. The maximum atomic E-state index is 14.1. The van der Waals surface area contributed by atoms with Crippen LogP contribution in [0.1, 0.15) is 28.5 Å². The maximum absolute atomic E-state index is 14.1. The summed E-state index contributed by atoms with van der Waals surface area (Å²) in [5.41, 5.74) is 7.97. The second-order valence-electron chi connectivity index (χ2n) is 7.38. The molecule has 4 atom stereocenters. The van der Waals surface area contributed by atoms with E-state index in [4.69, 9.17) is 15.6 Å². The number of carboxylic acids is 1. The third-order valence-electron chi connectivity index (χ3n) is 5.19. The van der Waals surface area contributed by atoms with Crippen molar-refractivity contribution in [3.8, 4) is 0 Å². The maximum Gasteiger partial charge on any atom is 0.490 e. The molecule has 2 aromatic rings. The van der Waals surface area contributed by atoms with Gasteiger partial charge in [0, 0.05) is 36.5 Å². The number of hydrogen-bond acceptors (Lipinski definition) is 5. The van der Waals surface area contributed by atoms with E-state index in [0.717, 1.165) is 17.3 Å². The van der Waals surface area contributed by atoms with Gasteiger partial charge in [-0.2, -0.15) is 18.3 Å². The molecule has 0 spiro atoms. The van der Waals surface area contributed by atoms with E-state index < -0.39 is 52.1 Å². The topological polar surface area (TPSA) is 118 Å². The zero-order valence-electron chi connectivity index (χ0n) is 16.2. The first-order valence-corrected chi connectivity index (χ1v) is 10.6. The number of rotatable bonds is 2. The number of fused-ring (bicyclic) bond motifs is 1. The molecule has 176 valence electrons. The smallest absolute Gasteiger partial charge is 0.490 e. The van der Waals surface area contributed by atoms with Gasteiger partial charge in [-0.1, -0.05) is 0 Å². The van der Waals surface area contributed by atoms with Crippen molar-refractivity contribution < 1.29 is 40.8 Å². The molecule has 4 rings (SSSR count). The van der Waals surface area contributed by atoms with Gasteiger partial charge in [-0.25, -0.2) is 18.0 Å². The van der Waals surface area contributed by atoms with E-state index in [2.05, 4.69) is 15.1 Å². The van der Waals surface area contributed by atoms with E-state index in [-0.39, 0.29) is 17.4 Å². The number of carboxylic acid groups (broad SMARTS) is 1. The highest BCUT2D eigenvalue weighted by atomic mass is 32.2. The van der Waals surface area contributed by atoms with Crippen molar-refractivity contribution in [3.63, 3.8) is 0 Å². The van der Waals surface area contributed by atoms with E-state index in [0.29, 0.717) is 25.6 Å². The molecule has 0 bridgehead atoms. The van der Waals surface area contributed by atoms with Gasteiger partial charge in [-0.3, -0.25) is 10.00 Å². The monoisotopic (exact) mass is 484 g/mol. The molecule has 1 fully saturated rings. The summed E-state index contributed by atoms with van der Waals surface area (Å²) >= 11 is -1.53. The normalized spacial score (nSPS) is 25.8. The summed E-state index contributed by atoms with van der Waals surface area (Å²) in [5, 5.41) is 13.2. The summed E-state index contributed by atoms with van der Waals surface area (Å²) in [4.78, 5) is 11.0. The fourth-order valence-electron chi connectivity index (χ4n) is 3.75. The van der Waals surface area contributed by atoms with Crippen LogP contribution in [0.5, 0.6) is 0 Å². The third kappa shape index (κ3) is 5.19. The summed E-state index contributed by atoms with van der Waals surface area (Å²) in [7, 11) is 0. The molecular formula is C18H18F6N4O3S. The van der Waals surface area contributed by atoms with Crippen molar-refractivity contribution in [3.05, 3.63) is 52.6 Å². The number of H-pyrrole nitrogens is 1. The minimum Gasteiger partial charge on any atom is -0.616 e. The number of alkyl halides is 3. The van der Waals surface area contributed by atoms with Gasteiger partial charge in [0.2, 0.25) is 0 Å². The molecule has 4 N–H and O–H groups in total. The molecule has 2 aliphatic rings. The molecular weight excluding hydrogens is 466 g/mol. The molecule has 32 heavy (non-hydrogen) atoms. The molecule has 3 heterocycles. The molecule has 0 saturated carbocycles. The van der Waals surface area contributed by atoms with Crippen LogP contribution in [0.25, 0.3) is 0 Å². The Morgan fingerprint density at radius 2 is 1.94 bits per heavy atom. The zero-order chi connectivity index (χ0) is 23.8. The first-order chi connectivity index (χ1) is 14.9. The Morgan fingerprint density at radius 3 is 2.50 bits per heavy atom. The van der Waals surface area contributed by atoms with Crippen molar-refractivity contribution in [2.24, 2.45) is 5.73 Å². The predicted octanol–water partition coefficient (Wildman–Crippen LogP) is 2.37. The van der Waals surface area contributed by atoms with E-state index in [1.165, 1.54) is 0 Å². The second-order valence-corrected chi connectivity index (χ2v) is 8.98. The summed E-state index contributed by atoms with van der Waals surface area (Å²) in [6, 6.07) is 0.685. The molecule has 0 amide bonds. The van der Waals surface area contributed by atoms with Crippen LogP contribution in [0.2, 0.25) is 0 Å². The van der Waals surface area contributed by atoms with Crippen LogP contribution >= 0.6 is 0 Å². The number of aromatic nitrogens is 2. The van der Waals surface area contributed by atoms with Gasteiger partial charge in [-0.15, -0.1) is 0 Å². The van der Waals surface area contributed by atoms with E-state index in [1.807, 2.05) is 6.20 Å². The molecule has 0 radical (unpaired) electrons. The number of hydrogen-bond donors (Lipinski definition) is 3. The zero-order valence-corrected chi connectivity index (χ0v) is 17.0. The van der Waals surface area contributed by atoms with Gasteiger partial charge in [0.15, 0.2) is 16.9 Å². The van der Waals surface area contributed by atoms with Crippen LogP contribution in [-0.2, 0) is 29.1 Å². The average Bonchev–Trinajstić information content (AvgIpc) is 3.26. The molecule has 0 aliphatic carbocycles. The Bertz CT molecular complexity index is 956. The van der Waals surface area contributed by atoms with Crippen LogP contribution in [0.15, 0.2) is 18.3 Å². The van der Waals surface area contributed by atoms with E-state index >= 15 is 0 Å². The lowest BCUT2D eigenvalue weighted by Crippen LogP contribution is -2.51. The Labute approximate surface area is 180 Å². The van der Waals surface area contributed by atoms with Crippen molar-refractivity contribution in [2.45, 2.75) is 43.0 Å². The number of nitrogens with zero attached hydrogens (tertiary/aromatic N) is 2. The number of nitrogens with two attached hydrogens (primary N) is 1. The third-order valence-corrected chi connectivity index (χ3v) is 7.08. The standard InChI is InChI=1S/C16H17F3N4OS.C2HF3O2/c17-9-1-11(15(19)12(18)2-9)16-13(20)3-10(7-25(16)24)23-5-8-4-21-22-14(8)6-23;3-2(4,5)1(6)7/h1-2,4,10,13,16H,3,5-7,20H2,(H,21,22);(H,6,7)/t10-,13+,16?,25?;/m1./s1. The fraction of sp³-hybridized carbons (Fsp3) is 0.444. The summed E-state index contributed by atoms with van der Waals surface area (Å²) in [6.07, 6.45) is -2.77. The number of aromatic amines is 1.